The maximum Gasteiger partial charge on any atom is 0.318 e. The standard InChI is InChI=1S/C17H29N5O/c1-2-14-9-5-3-7-11-21(14)17(23)18-13-16-20-19-15-10-6-4-8-12-22(15)16/h14H,2-13H2,1H3,(H,18,23)/t14-/m1/s1. The smallest absolute Gasteiger partial charge is 0.318 e. The van der Waals surface area contributed by atoms with Gasteiger partial charge in [0, 0.05) is 25.6 Å². The van der Waals surface area contributed by atoms with Gasteiger partial charge in [0.05, 0.1) is 6.54 Å². The van der Waals surface area contributed by atoms with Crippen LogP contribution in [0.2, 0.25) is 0 Å². The van der Waals surface area contributed by atoms with Crippen molar-refractivity contribution in [2.75, 3.05) is 6.54 Å². The third-order valence-electron chi connectivity index (χ3n) is 5.19. The Labute approximate surface area is 138 Å². The van der Waals surface area contributed by atoms with E-state index in [1.54, 1.807) is 0 Å². The molecule has 1 aromatic rings. The second-order valence-electron chi connectivity index (χ2n) is 6.76. The summed E-state index contributed by atoms with van der Waals surface area (Å²) in [6.07, 6.45) is 10.4. The normalized spacial score (nSPS) is 22.1. The molecule has 3 rings (SSSR count). The van der Waals surface area contributed by atoms with Crippen molar-refractivity contribution in [1.29, 1.82) is 0 Å². The lowest BCUT2D eigenvalue weighted by Gasteiger charge is -2.29. The van der Waals surface area contributed by atoms with E-state index in [4.69, 9.17) is 0 Å². The molecule has 2 aliphatic rings. The van der Waals surface area contributed by atoms with Crippen molar-refractivity contribution in [3.63, 3.8) is 0 Å². The monoisotopic (exact) mass is 319 g/mol. The van der Waals surface area contributed by atoms with Crippen LogP contribution in [0.25, 0.3) is 0 Å². The summed E-state index contributed by atoms with van der Waals surface area (Å²) in [5.41, 5.74) is 0. The van der Waals surface area contributed by atoms with Crippen molar-refractivity contribution in [1.82, 2.24) is 25.0 Å². The highest BCUT2D eigenvalue weighted by Gasteiger charge is 2.24. The third kappa shape index (κ3) is 3.85. The van der Waals surface area contributed by atoms with E-state index in [0.29, 0.717) is 12.6 Å². The van der Waals surface area contributed by atoms with Gasteiger partial charge in [-0.3, -0.25) is 0 Å². The van der Waals surface area contributed by atoms with Crippen LogP contribution in [0, 0.1) is 0 Å². The fraction of sp³-hybridized carbons (Fsp3) is 0.824. The van der Waals surface area contributed by atoms with Gasteiger partial charge in [0.15, 0.2) is 5.82 Å². The van der Waals surface area contributed by atoms with E-state index in [9.17, 15) is 4.79 Å². The van der Waals surface area contributed by atoms with Crippen LogP contribution in [-0.4, -0.2) is 38.3 Å². The fourth-order valence-corrected chi connectivity index (χ4v) is 3.80. The Morgan fingerprint density at radius 1 is 1.13 bits per heavy atom. The van der Waals surface area contributed by atoms with Crippen LogP contribution >= 0.6 is 0 Å². The highest BCUT2D eigenvalue weighted by molar-refractivity contribution is 5.74. The highest BCUT2D eigenvalue weighted by Crippen LogP contribution is 2.19. The molecule has 0 radical (unpaired) electrons. The average Bonchev–Trinajstić information content (AvgIpc) is 2.77. The second kappa shape index (κ2) is 7.79. The van der Waals surface area contributed by atoms with Crippen LogP contribution in [-0.2, 0) is 19.5 Å². The Bertz CT molecular complexity index is 527. The molecule has 0 aromatic carbocycles. The van der Waals surface area contributed by atoms with E-state index < -0.39 is 0 Å². The first-order chi connectivity index (χ1) is 11.3. The van der Waals surface area contributed by atoms with Crippen molar-refractivity contribution in [2.45, 2.75) is 83.8 Å². The van der Waals surface area contributed by atoms with E-state index in [2.05, 4.69) is 27.0 Å². The number of carbonyl (C=O) groups excluding carboxylic acids is 1. The number of hydrogen-bond donors (Lipinski definition) is 1. The van der Waals surface area contributed by atoms with Crippen LogP contribution in [0.1, 0.15) is 69.9 Å². The van der Waals surface area contributed by atoms with Crippen LogP contribution < -0.4 is 5.32 Å². The minimum Gasteiger partial charge on any atom is -0.331 e. The molecule has 0 bridgehead atoms. The summed E-state index contributed by atoms with van der Waals surface area (Å²) in [7, 11) is 0. The lowest BCUT2D eigenvalue weighted by atomic mass is 10.1. The molecule has 3 heterocycles. The van der Waals surface area contributed by atoms with Gasteiger partial charge in [0.25, 0.3) is 0 Å². The summed E-state index contributed by atoms with van der Waals surface area (Å²) in [5.74, 6) is 1.98. The van der Waals surface area contributed by atoms with Gasteiger partial charge in [0.2, 0.25) is 0 Å². The molecule has 6 nitrogen and oxygen atoms in total. The van der Waals surface area contributed by atoms with Crippen molar-refractivity contribution in [3.8, 4) is 0 Å². The first kappa shape index (κ1) is 16.3. The van der Waals surface area contributed by atoms with Gasteiger partial charge in [0.1, 0.15) is 5.82 Å². The molecule has 1 N–H and O–H groups in total. The number of carbonyl (C=O) groups is 1. The van der Waals surface area contributed by atoms with Crippen molar-refractivity contribution >= 4 is 6.03 Å². The number of rotatable bonds is 3. The molecule has 2 amide bonds. The van der Waals surface area contributed by atoms with Crippen molar-refractivity contribution in [3.05, 3.63) is 11.6 Å². The molecule has 23 heavy (non-hydrogen) atoms. The van der Waals surface area contributed by atoms with E-state index in [1.807, 2.05) is 4.90 Å². The van der Waals surface area contributed by atoms with Gasteiger partial charge in [-0.25, -0.2) is 4.79 Å². The lowest BCUT2D eigenvalue weighted by molar-refractivity contribution is 0.172. The Morgan fingerprint density at radius 3 is 2.83 bits per heavy atom. The second-order valence-corrected chi connectivity index (χ2v) is 6.76. The topological polar surface area (TPSA) is 63.1 Å². The largest absolute Gasteiger partial charge is 0.331 e. The van der Waals surface area contributed by atoms with E-state index >= 15 is 0 Å². The highest BCUT2D eigenvalue weighted by atomic mass is 16.2. The summed E-state index contributed by atoms with van der Waals surface area (Å²) < 4.78 is 2.20. The number of nitrogens with zero attached hydrogens (tertiary/aromatic N) is 4. The predicted octanol–water partition coefficient (Wildman–Crippen LogP) is 2.87. The summed E-state index contributed by atoms with van der Waals surface area (Å²) in [4.78, 5) is 14.6. The number of aromatic nitrogens is 3. The first-order valence-electron chi connectivity index (χ1n) is 9.25. The number of fused-ring (bicyclic) bond motifs is 1. The number of likely N-dealkylation sites (tertiary alicyclic amines) is 1. The maximum atomic E-state index is 12.6. The van der Waals surface area contributed by atoms with Gasteiger partial charge in [-0.2, -0.15) is 0 Å². The molecule has 2 aliphatic heterocycles. The minimum absolute atomic E-state index is 0.0599. The van der Waals surface area contributed by atoms with E-state index in [-0.39, 0.29) is 6.03 Å². The number of urea groups is 1. The molecule has 0 aliphatic carbocycles. The Balaban J connectivity index is 1.61. The molecular formula is C17H29N5O. The van der Waals surface area contributed by atoms with Gasteiger partial charge >= 0.3 is 6.03 Å². The molecule has 0 unspecified atom stereocenters. The van der Waals surface area contributed by atoms with Crippen LogP contribution in [0.15, 0.2) is 0 Å². The SMILES string of the molecule is CC[C@@H]1CCCCCN1C(=O)NCc1nnc2n1CCCCC2. The number of nitrogens with one attached hydrogen (secondary N) is 1. The van der Waals surface area contributed by atoms with Gasteiger partial charge < -0.3 is 14.8 Å². The number of aryl methyl sites for hydroxylation is 1. The maximum absolute atomic E-state index is 12.6. The van der Waals surface area contributed by atoms with Crippen LogP contribution in [0.3, 0.4) is 0 Å². The zero-order valence-corrected chi connectivity index (χ0v) is 14.3. The first-order valence-corrected chi connectivity index (χ1v) is 9.25. The van der Waals surface area contributed by atoms with Crippen LogP contribution in [0.5, 0.6) is 0 Å². The van der Waals surface area contributed by atoms with E-state index in [0.717, 1.165) is 50.4 Å². The summed E-state index contributed by atoms with van der Waals surface area (Å²) >= 11 is 0. The third-order valence-corrected chi connectivity index (χ3v) is 5.19. The molecule has 0 spiro atoms. The molecule has 1 atom stereocenters. The molecule has 128 valence electrons. The summed E-state index contributed by atoms with van der Waals surface area (Å²) in [6.45, 7) is 4.52. The summed E-state index contributed by atoms with van der Waals surface area (Å²) in [5, 5.41) is 11.7. The molecular weight excluding hydrogens is 290 g/mol. The average molecular weight is 319 g/mol. The Hall–Kier alpha value is -1.59. The van der Waals surface area contributed by atoms with Crippen molar-refractivity contribution in [2.24, 2.45) is 0 Å². The van der Waals surface area contributed by atoms with E-state index in [1.165, 1.54) is 32.1 Å². The van der Waals surface area contributed by atoms with Gasteiger partial charge in [-0.1, -0.05) is 26.2 Å². The van der Waals surface area contributed by atoms with Gasteiger partial charge in [-0.15, -0.1) is 10.2 Å². The Morgan fingerprint density at radius 2 is 1.96 bits per heavy atom. The number of hydrogen-bond acceptors (Lipinski definition) is 3. The molecule has 6 heteroatoms. The van der Waals surface area contributed by atoms with Crippen molar-refractivity contribution < 1.29 is 4.79 Å². The molecule has 1 fully saturated rings. The van der Waals surface area contributed by atoms with Crippen LogP contribution in [0.4, 0.5) is 4.79 Å². The molecule has 1 aromatic heterocycles. The quantitative estimate of drug-likeness (QED) is 0.932. The predicted molar refractivity (Wildman–Crippen MR) is 89.1 cm³/mol. The lowest BCUT2D eigenvalue weighted by Crippen LogP contribution is -2.45. The Kier molecular flexibility index (Phi) is 5.51. The van der Waals surface area contributed by atoms with Gasteiger partial charge in [-0.05, 0) is 32.1 Å². The zero-order valence-electron chi connectivity index (χ0n) is 14.3. The minimum atomic E-state index is 0.0599. The molecule has 1 saturated heterocycles. The molecule has 0 saturated carbocycles. The summed E-state index contributed by atoms with van der Waals surface area (Å²) in [6, 6.07) is 0.442. The number of amides is 2. The zero-order chi connectivity index (χ0) is 16.1. The fourth-order valence-electron chi connectivity index (χ4n) is 3.80.